The van der Waals surface area contributed by atoms with Crippen LogP contribution >= 0.6 is 11.3 Å². The van der Waals surface area contributed by atoms with Gasteiger partial charge in [0.1, 0.15) is 0 Å². The molecule has 2 atom stereocenters. The molecule has 2 rings (SSSR count). The molecule has 2 heterocycles. The third-order valence-corrected chi connectivity index (χ3v) is 3.10. The Morgan fingerprint density at radius 1 is 1.55 bits per heavy atom. The summed E-state index contributed by atoms with van der Waals surface area (Å²) in [5, 5.41) is 14.7. The molecule has 2 nitrogen and oxygen atoms in total. The predicted molar refractivity (Wildman–Crippen MR) is 45.9 cm³/mol. The topological polar surface area (TPSA) is 32.3 Å². The smallest absolute Gasteiger partial charge is 0.0753 e. The minimum Gasteiger partial charge on any atom is -0.391 e. The van der Waals surface area contributed by atoms with E-state index < -0.39 is 0 Å². The van der Waals surface area contributed by atoms with Crippen molar-refractivity contribution in [3.05, 3.63) is 22.4 Å². The number of β-amino-alcohol motifs (C(OH)–C–C–N with tert-alkyl or cyclic N) is 1. The van der Waals surface area contributed by atoms with Crippen LogP contribution < -0.4 is 5.32 Å². The molecule has 1 aliphatic heterocycles. The highest BCUT2D eigenvalue weighted by Gasteiger charge is 2.26. The predicted octanol–water partition coefficient (Wildman–Crippen LogP) is 0.796. The fraction of sp³-hybridized carbons (Fsp3) is 0.500. The number of aliphatic hydroxyl groups excluding tert-OH is 1. The zero-order valence-electron chi connectivity index (χ0n) is 6.16. The maximum atomic E-state index is 9.50. The first-order valence-electron chi connectivity index (χ1n) is 3.80. The summed E-state index contributed by atoms with van der Waals surface area (Å²) in [6.45, 7) is 1.66. The number of rotatable bonds is 1. The van der Waals surface area contributed by atoms with E-state index in [4.69, 9.17) is 0 Å². The highest BCUT2D eigenvalue weighted by molar-refractivity contribution is 7.10. The van der Waals surface area contributed by atoms with E-state index in [-0.39, 0.29) is 6.10 Å². The SMILES string of the molecule is OC1CNCC1c1cccs1. The van der Waals surface area contributed by atoms with Gasteiger partial charge in [0, 0.05) is 23.9 Å². The van der Waals surface area contributed by atoms with Gasteiger partial charge >= 0.3 is 0 Å². The summed E-state index contributed by atoms with van der Waals surface area (Å²) in [6.07, 6.45) is -0.186. The fourth-order valence-electron chi connectivity index (χ4n) is 1.46. The van der Waals surface area contributed by atoms with Gasteiger partial charge in [-0.3, -0.25) is 0 Å². The molecule has 0 saturated carbocycles. The van der Waals surface area contributed by atoms with Gasteiger partial charge in [-0.15, -0.1) is 11.3 Å². The van der Waals surface area contributed by atoms with Crippen molar-refractivity contribution in [2.75, 3.05) is 13.1 Å². The Morgan fingerprint density at radius 3 is 3.00 bits per heavy atom. The van der Waals surface area contributed by atoms with Crippen molar-refractivity contribution in [2.24, 2.45) is 0 Å². The van der Waals surface area contributed by atoms with E-state index in [9.17, 15) is 5.11 Å². The number of thiophene rings is 1. The molecule has 0 aromatic carbocycles. The second kappa shape index (κ2) is 2.93. The quantitative estimate of drug-likeness (QED) is 0.651. The zero-order chi connectivity index (χ0) is 7.68. The normalized spacial score (nSPS) is 31.0. The van der Waals surface area contributed by atoms with Gasteiger partial charge in [0.25, 0.3) is 0 Å². The molecule has 0 spiro atoms. The van der Waals surface area contributed by atoms with Crippen LogP contribution in [0.1, 0.15) is 10.8 Å². The van der Waals surface area contributed by atoms with Gasteiger partial charge in [0.05, 0.1) is 6.10 Å². The molecule has 0 aliphatic carbocycles. The van der Waals surface area contributed by atoms with Crippen molar-refractivity contribution in [2.45, 2.75) is 12.0 Å². The number of hydrogen-bond donors (Lipinski definition) is 2. The molecule has 1 saturated heterocycles. The van der Waals surface area contributed by atoms with Crippen LogP contribution in [-0.2, 0) is 0 Å². The minimum absolute atomic E-state index is 0.186. The van der Waals surface area contributed by atoms with Gasteiger partial charge in [-0.1, -0.05) is 6.07 Å². The molecule has 11 heavy (non-hydrogen) atoms. The summed E-state index contributed by atoms with van der Waals surface area (Å²) in [5.74, 6) is 0.329. The van der Waals surface area contributed by atoms with Crippen molar-refractivity contribution in [1.82, 2.24) is 5.32 Å². The lowest BCUT2D eigenvalue weighted by molar-refractivity contribution is 0.179. The first-order chi connectivity index (χ1) is 5.38. The minimum atomic E-state index is -0.186. The third kappa shape index (κ3) is 1.31. The van der Waals surface area contributed by atoms with Gasteiger partial charge in [-0.25, -0.2) is 0 Å². The summed E-state index contributed by atoms with van der Waals surface area (Å²) >= 11 is 1.72. The molecular formula is C8H11NOS. The molecular weight excluding hydrogens is 158 g/mol. The Labute approximate surface area is 69.9 Å². The van der Waals surface area contributed by atoms with Crippen LogP contribution in [0.25, 0.3) is 0 Å². The van der Waals surface area contributed by atoms with Crippen molar-refractivity contribution < 1.29 is 5.11 Å². The zero-order valence-corrected chi connectivity index (χ0v) is 6.97. The molecule has 1 aromatic rings. The maximum Gasteiger partial charge on any atom is 0.0753 e. The summed E-state index contributed by atoms with van der Waals surface area (Å²) in [5.41, 5.74) is 0. The van der Waals surface area contributed by atoms with Gasteiger partial charge in [0.15, 0.2) is 0 Å². The molecule has 1 aromatic heterocycles. The first kappa shape index (κ1) is 7.28. The molecule has 60 valence electrons. The van der Waals surface area contributed by atoms with Crippen LogP contribution in [0.4, 0.5) is 0 Å². The van der Waals surface area contributed by atoms with Crippen LogP contribution in [0.5, 0.6) is 0 Å². The van der Waals surface area contributed by atoms with Gasteiger partial charge in [0.2, 0.25) is 0 Å². The van der Waals surface area contributed by atoms with Crippen molar-refractivity contribution in [3.8, 4) is 0 Å². The summed E-state index contributed by atoms with van der Waals surface area (Å²) in [7, 11) is 0. The van der Waals surface area contributed by atoms with Crippen molar-refractivity contribution in [1.29, 1.82) is 0 Å². The molecule has 0 radical (unpaired) electrons. The van der Waals surface area contributed by atoms with E-state index in [1.165, 1.54) is 4.88 Å². The summed E-state index contributed by atoms with van der Waals surface area (Å²) in [6, 6.07) is 4.12. The molecule has 1 fully saturated rings. The summed E-state index contributed by atoms with van der Waals surface area (Å²) in [4.78, 5) is 1.29. The lowest BCUT2D eigenvalue weighted by Gasteiger charge is -2.09. The van der Waals surface area contributed by atoms with E-state index in [1.54, 1.807) is 11.3 Å². The third-order valence-electron chi connectivity index (χ3n) is 2.09. The molecule has 2 N–H and O–H groups in total. The number of aliphatic hydroxyl groups is 1. The van der Waals surface area contributed by atoms with Crippen LogP contribution in [0.3, 0.4) is 0 Å². The van der Waals surface area contributed by atoms with E-state index in [2.05, 4.69) is 16.8 Å². The van der Waals surface area contributed by atoms with Crippen molar-refractivity contribution >= 4 is 11.3 Å². The fourth-order valence-corrected chi connectivity index (χ4v) is 2.34. The Hall–Kier alpha value is -0.380. The largest absolute Gasteiger partial charge is 0.391 e. The standard InChI is InChI=1S/C8H11NOS/c10-7-5-9-4-6(7)8-2-1-3-11-8/h1-3,6-7,9-10H,4-5H2. The second-order valence-electron chi connectivity index (χ2n) is 2.85. The molecule has 0 bridgehead atoms. The second-order valence-corrected chi connectivity index (χ2v) is 3.83. The molecule has 1 aliphatic rings. The van der Waals surface area contributed by atoms with E-state index >= 15 is 0 Å². The Kier molecular flexibility index (Phi) is 1.94. The number of nitrogens with one attached hydrogen (secondary N) is 1. The molecule has 0 amide bonds. The monoisotopic (exact) mass is 169 g/mol. The highest BCUT2D eigenvalue weighted by atomic mass is 32.1. The van der Waals surface area contributed by atoms with E-state index in [0.29, 0.717) is 5.92 Å². The van der Waals surface area contributed by atoms with Crippen molar-refractivity contribution in [3.63, 3.8) is 0 Å². The average Bonchev–Trinajstić information content (AvgIpc) is 2.55. The van der Waals surface area contributed by atoms with Crippen LogP contribution in [-0.4, -0.2) is 24.3 Å². The van der Waals surface area contributed by atoms with Crippen LogP contribution in [0.15, 0.2) is 17.5 Å². The highest BCUT2D eigenvalue weighted by Crippen LogP contribution is 2.26. The molecule has 3 heteroatoms. The number of hydrogen-bond acceptors (Lipinski definition) is 3. The van der Waals surface area contributed by atoms with Crippen LogP contribution in [0.2, 0.25) is 0 Å². The van der Waals surface area contributed by atoms with Gasteiger partial charge in [-0.05, 0) is 11.4 Å². The average molecular weight is 169 g/mol. The van der Waals surface area contributed by atoms with E-state index in [0.717, 1.165) is 13.1 Å². The molecule has 2 unspecified atom stereocenters. The Bertz CT molecular complexity index is 222. The lowest BCUT2D eigenvalue weighted by Crippen LogP contribution is -2.15. The van der Waals surface area contributed by atoms with Gasteiger partial charge in [-0.2, -0.15) is 0 Å². The van der Waals surface area contributed by atoms with E-state index in [1.807, 2.05) is 6.07 Å². The first-order valence-corrected chi connectivity index (χ1v) is 4.68. The maximum absolute atomic E-state index is 9.50. The van der Waals surface area contributed by atoms with Crippen LogP contribution in [0, 0.1) is 0 Å². The Balaban J connectivity index is 2.16. The lowest BCUT2D eigenvalue weighted by atomic mass is 10.1. The van der Waals surface area contributed by atoms with Gasteiger partial charge < -0.3 is 10.4 Å². The summed E-state index contributed by atoms with van der Waals surface area (Å²) < 4.78 is 0. The Morgan fingerprint density at radius 2 is 2.45 bits per heavy atom.